The second-order valence-electron chi connectivity index (χ2n) is 4.99. The molecule has 108 valence electrons. The van der Waals surface area contributed by atoms with Crippen molar-refractivity contribution >= 4 is 11.6 Å². The Bertz CT molecular complexity index is 540. The van der Waals surface area contributed by atoms with Crippen molar-refractivity contribution in [3.63, 3.8) is 0 Å². The van der Waals surface area contributed by atoms with Gasteiger partial charge in [0, 0.05) is 25.1 Å². The molecule has 1 atom stereocenters. The molecular formula is C15H19FN2O2. The quantitative estimate of drug-likeness (QED) is 0.849. The monoisotopic (exact) mass is 278 g/mol. The summed E-state index contributed by atoms with van der Waals surface area (Å²) in [6.45, 7) is 6.76. The molecule has 1 heterocycles. The van der Waals surface area contributed by atoms with Gasteiger partial charge in [-0.25, -0.2) is 4.39 Å². The van der Waals surface area contributed by atoms with E-state index in [9.17, 15) is 9.18 Å². The van der Waals surface area contributed by atoms with Crippen LogP contribution >= 0.6 is 0 Å². The van der Waals surface area contributed by atoms with Gasteiger partial charge >= 0.3 is 0 Å². The van der Waals surface area contributed by atoms with Crippen molar-refractivity contribution in [2.45, 2.75) is 32.8 Å². The van der Waals surface area contributed by atoms with Gasteiger partial charge in [0.2, 0.25) is 5.60 Å². The van der Waals surface area contributed by atoms with Gasteiger partial charge in [-0.1, -0.05) is 23.4 Å². The first-order chi connectivity index (χ1) is 9.51. The van der Waals surface area contributed by atoms with Crippen molar-refractivity contribution in [1.82, 2.24) is 4.90 Å². The molecule has 0 spiro atoms. The molecule has 20 heavy (non-hydrogen) atoms. The molecule has 0 aromatic heterocycles. The molecule has 1 amide bonds. The molecular weight excluding hydrogens is 259 g/mol. The summed E-state index contributed by atoms with van der Waals surface area (Å²) in [5, 5.41) is 3.92. The number of oxime groups is 1. The van der Waals surface area contributed by atoms with Gasteiger partial charge in [0.25, 0.3) is 5.91 Å². The van der Waals surface area contributed by atoms with E-state index in [4.69, 9.17) is 4.84 Å². The van der Waals surface area contributed by atoms with E-state index in [2.05, 4.69) is 5.16 Å². The minimum atomic E-state index is -1.04. The molecule has 5 heteroatoms. The minimum Gasteiger partial charge on any atom is -0.379 e. The lowest BCUT2D eigenvalue weighted by atomic mass is 9.94. The molecule has 0 fully saturated rings. The lowest BCUT2D eigenvalue weighted by Crippen LogP contribution is -2.47. The largest absolute Gasteiger partial charge is 0.379 e. The molecule has 0 bridgehead atoms. The zero-order chi connectivity index (χ0) is 14.8. The lowest BCUT2D eigenvalue weighted by Gasteiger charge is -2.28. The number of carbonyl (C=O) groups excluding carboxylic acids is 1. The van der Waals surface area contributed by atoms with Crippen molar-refractivity contribution < 1.29 is 14.0 Å². The Morgan fingerprint density at radius 2 is 2.05 bits per heavy atom. The van der Waals surface area contributed by atoms with Crippen molar-refractivity contribution in [2.24, 2.45) is 5.16 Å². The SMILES string of the molecule is CCN(CC)C(=O)C1(C)CC(c2ccccc2F)=NO1. The van der Waals surface area contributed by atoms with Crippen LogP contribution in [0.4, 0.5) is 4.39 Å². The van der Waals surface area contributed by atoms with Crippen LogP contribution in [0.2, 0.25) is 0 Å². The third kappa shape index (κ3) is 2.53. The van der Waals surface area contributed by atoms with Crippen molar-refractivity contribution in [2.75, 3.05) is 13.1 Å². The Balaban J connectivity index is 2.18. The van der Waals surface area contributed by atoms with Crippen LogP contribution in [0, 0.1) is 5.82 Å². The van der Waals surface area contributed by atoms with Gasteiger partial charge in [0.05, 0.1) is 5.71 Å². The Morgan fingerprint density at radius 1 is 1.40 bits per heavy atom. The molecule has 0 saturated carbocycles. The second kappa shape index (κ2) is 5.61. The van der Waals surface area contributed by atoms with Crippen molar-refractivity contribution in [3.8, 4) is 0 Å². The summed E-state index contributed by atoms with van der Waals surface area (Å²) in [5.41, 5.74) is -0.168. The molecule has 0 radical (unpaired) electrons. The summed E-state index contributed by atoms with van der Waals surface area (Å²) in [7, 11) is 0. The molecule has 1 aromatic rings. The zero-order valence-corrected chi connectivity index (χ0v) is 12.0. The van der Waals surface area contributed by atoms with Crippen LogP contribution in [0.15, 0.2) is 29.4 Å². The van der Waals surface area contributed by atoms with E-state index in [1.54, 1.807) is 30.0 Å². The highest BCUT2D eigenvalue weighted by Crippen LogP contribution is 2.29. The fourth-order valence-corrected chi connectivity index (χ4v) is 2.34. The topological polar surface area (TPSA) is 41.9 Å². The fraction of sp³-hybridized carbons (Fsp3) is 0.467. The first-order valence-electron chi connectivity index (χ1n) is 6.81. The highest BCUT2D eigenvalue weighted by molar-refractivity contribution is 6.05. The van der Waals surface area contributed by atoms with Gasteiger partial charge in [-0.05, 0) is 26.8 Å². The Kier molecular flexibility index (Phi) is 4.06. The number of likely N-dealkylation sites (N-methyl/N-ethyl adjacent to an activating group) is 1. The van der Waals surface area contributed by atoms with Crippen LogP contribution in [0.3, 0.4) is 0 Å². The molecule has 0 saturated heterocycles. The predicted octanol–water partition coefficient (Wildman–Crippen LogP) is 2.58. The minimum absolute atomic E-state index is 0.113. The number of amides is 1. The molecule has 1 aliphatic heterocycles. The van der Waals surface area contributed by atoms with Crippen molar-refractivity contribution in [1.29, 1.82) is 0 Å². The summed E-state index contributed by atoms with van der Waals surface area (Å²) >= 11 is 0. The summed E-state index contributed by atoms with van der Waals surface area (Å²) in [5.74, 6) is -0.466. The number of rotatable bonds is 4. The molecule has 0 N–H and O–H groups in total. The third-order valence-corrected chi connectivity index (χ3v) is 3.55. The smallest absolute Gasteiger partial charge is 0.269 e. The molecule has 1 unspecified atom stereocenters. The molecule has 1 aromatic carbocycles. The van der Waals surface area contributed by atoms with Crippen LogP contribution in [0.5, 0.6) is 0 Å². The predicted molar refractivity (Wildman–Crippen MR) is 75.0 cm³/mol. The molecule has 0 aliphatic carbocycles. The number of hydrogen-bond acceptors (Lipinski definition) is 3. The standard InChI is InChI=1S/C15H19FN2O2/c1-4-18(5-2)14(19)15(3)10-13(17-20-15)11-8-6-7-9-12(11)16/h6-9H,4-5,10H2,1-3H3. The number of hydrogen-bond donors (Lipinski definition) is 0. The normalized spacial score (nSPS) is 21.3. The maximum Gasteiger partial charge on any atom is 0.269 e. The van der Waals surface area contributed by atoms with E-state index in [-0.39, 0.29) is 18.1 Å². The van der Waals surface area contributed by atoms with Gasteiger partial charge in [0.15, 0.2) is 0 Å². The summed E-state index contributed by atoms with van der Waals surface area (Å²) in [6.07, 6.45) is 0.281. The molecule has 1 aliphatic rings. The maximum atomic E-state index is 13.8. The van der Waals surface area contributed by atoms with Crippen LogP contribution in [-0.4, -0.2) is 35.2 Å². The molecule has 4 nitrogen and oxygen atoms in total. The van der Waals surface area contributed by atoms with Gasteiger partial charge in [-0.15, -0.1) is 0 Å². The first kappa shape index (κ1) is 14.5. The van der Waals surface area contributed by atoms with Crippen LogP contribution < -0.4 is 0 Å². The average Bonchev–Trinajstić information content (AvgIpc) is 2.84. The van der Waals surface area contributed by atoms with E-state index in [0.29, 0.717) is 24.4 Å². The van der Waals surface area contributed by atoms with Gasteiger partial charge in [-0.3, -0.25) is 4.79 Å². The molecule has 2 rings (SSSR count). The van der Waals surface area contributed by atoms with E-state index in [0.717, 1.165) is 0 Å². The summed E-state index contributed by atoms with van der Waals surface area (Å²) in [6, 6.07) is 6.38. The summed E-state index contributed by atoms with van der Waals surface area (Å²) < 4.78 is 13.8. The number of halogens is 1. The van der Waals surface area contributed by atoms with Gasteiger partial charge in [0.1, 0.15) is 5.82 Å². The number of carbonyl (C=O) groups is 1. The fourth-order valence-electron chi connectivity index (χ4n) is 2.34. The lowest BCUT2D eigenvalue weighted by molar-refractivity contribution is -0.152. The highest BCUT2D eigenvalue weighted by atomic mass is 19.1. The van der Waals surface area contributed by atoms with Crippen LogP contribution in [0.25, 0.3) is 0 Å². The second-order valence-corrected chi connectivity index (χ2v) is 4.99. The zero-order valence-electron chi connectivity index (χ0n) is 12.0. The Morgan fingerprint density at radius 3 is 2.65 bits per heavy atom. The van der Waals surface area contributed by atoms with Gasteiger partial charge < -0.3 is 9.74 Å². The average molecular weight is 278 g/mol. The van der Waals surface area contributed by atoms with Crippen molar-refractivity contribution in [3.05, 3.63) is 35.6 Å². The Hall–Kier alpha value is -1.91. The third-order valence-electron chi connectivity index (χ3n) is 3.55. The van der Waals surface area contributed by atoms with Crippen LogP contribution in [0.1, 0.15) is 32.8 Å². The number of benzene rings is 1. The van der Waals surface area contributed by atoms with E-state index >= 15 is 0 Å². The van der Waals surface area contributed by atoms with E-state index in [1.807, 2.05) is 13.8 Å². The van der Waals surface area contributed by atoms with Gasteiger partial charge in [-0.2, -0.15) is 0 Å². The van der Waals surface area contributed by atoms with E-state index < -0.39 is 5.60 Å². The maximum absolute atomic E-state index is 13.8. The number of nitrogens with zero attached hydrogens (tertiary/aromatic N) is 2. The Labute approximate surface area is 118 Å². The summed E-state index contributed by atoms with van der Waals surface area (Å²) in [4.78, 5) is 19.5. The first-order valence-corrected chi connectivity index (χ1v) is 6.81. The highest BCUT2D eigenvalue weighted by Gasteiger charge is 2.44. The van der Waals surface area contributed by atoms with E-state index in [1.165, 1.54) is 6.07 Å². The van der Waals surface area contributed by atoms with Crippen LogP contribution in [-0.2, 0) is 9.63 Å².